The van der Waals surface area contributed by atoms with Gasteiger partial charge in [0.15, 0.2) is 0 Å². The van der Waals surface area contributed by atoms with Crippen LogP contribution in [0.5, 0.6) is 5.75 Å². The molecule has 1 fully saturated rings. The van der Waals surface area contributed by atoms with Crippen molar-refractivity contribution in [3.8, 4) is 5.75 Å². The lowest BCUT2D eigenvalue weighted by atomic mass is 10.1. The van der Waals surface area contributed by atoms with E-state index in [1.807, 2.05) is 54.6 Å². The van der Waals surface area contributed by atoms with Crippen molar-refractivity contribution in [2.75, 3.05) is 12.4 Å². The van der Waals surface area contributed by atoms with Gasteiger partial charge in [0.25, 0.3) is 0 Å². The van der Waals surface area contributed by atoms with Crippen molar-refractivity contribution in [1.82, 2.24) is 5.32 Å². The molecule has 0 unspecified atom stereocenters. The van der Waals surface area contributed by atoms with Gasteiger partial charge in [-0.2, -0.15) is 0 Å². The van der Waals surface area contributed by atoms with Crippen LogP contribution < -0.4 is 15.4 Å². The second kappa shape index (κ2) is 6.52. The fraction of sp³-hybridized carbons (Fsp3) is 0.278. The van der Waals surface area contributed by atoms with E-state index in [9.17, 15) is 4.79 Å². The minimum atomic E-state index is -0.393. The van der Waals surface area contributed by atoms with Crippen molar-refractivity contribution < 1.29 is 9.53 Å². The first-order valence-electron chi connectivity index (χ1n) is 7.52. The van der Waals surface area contributed by atoms with Gasteiger partial charge in [-0.25, -0.2) is 0 Å². The van der Waals surface area contributed by atoms with Gasteiger partial charge in [0.05, 0.1) is 7.11 Å². The summed E-state index contributed by atoms with van der Waals surface area (Å²) in [5.41, 5.74) is 1.84. The van der Waals surface area contributed by atoms with Crippen LogP contribution in [0.2, 0.25) is 0 Å². The summed E-state index contributed by atoms with van der Waals surface area (Å²) in [6, 6.07) is 17.3. The summed E-state index contributed by atoms with van der Waals surface area (Å²) < 4.78 is 5.16. The molecule has 0 aliphatic heterocycles. The Labute approximate surface area is 130 Å². The quantitative estimate of drug-likeness (QED) is 0.861. The molecule has 1 aliphatic carbocycles. The predicted octanol–water partition coefficient (Wildman–Crippen LogP) is 3.13. The van der Waals surface area contributed by atoms with Gasteiger partial charge in [0.2, 0.25) is 5.91 Å². The minimum absolute atomic E-state index is 0.0181. The molecule has 2 aromatic rings. The number of amides is 1. The zero-order valence-corrected chi connectivity index (χ0v) is 12.6. The molecule has 0 bridgehead atoms. The molecule has 0 saturated heterocycles. The van der Waals surface area contributed by atoms with Crippen molar-refractivity contribution in [3.05, 3.63) is 60.2 Å². The maximum Gasteiger partial charge on any atom is 0.247 e. The molecule has 0 aromatic heterocycles. The Kier molecular flexibility index (Phi) is 4.28. The fourth-order valence-corrected chi connectivity index (χ4v) is 2.31. The van der Waals surface area contributed by atoms with E-state index in [1.165, 1.54) is 0 Å². The molecule has 2 aromatic carbocycles. The van der Waals surface area contributed by atoms with E-state index >= 15 is 0 Å². The van der Waals surface area contributed by atoms with E-state index in [1.54, 1.807) is 7.11 Å². The minimum Gasteiger partial charge on any atom is -0.497 e. The number of benzene rings is 2. The molecule has 4 heteroatoms. The highest BCUT2D eigenvalue weighted by molar-refractivity contribution is 5.86. The largest absolute Gasteiger partial charge is 0.497 e. The highest BCUT2D eigenvalue weighted by atomic mass is 16.5. The van der Waals surface area contributed by atoms with Gasteiger partial charge in [-0.05, 0) is 42.7 Å². The number of ether oxygens (including phenoxy) is 1. The van der Waals surface area contributed by atoms with Crippen LogP contribution in [0.25, 0.3) is 0 Å². The number of carbonyl (C=O) groups excluding carboxylic acids is 1. The highest BCUT2D eigenvalue weighted by Crippen LogP contribution is 2.24. The number of methoxy groups -OCH3 is 1. The van der Waals surface area contributed by atoms with E-state index in [0.717, 1.165) is 29.8 Å². The lowest BCUT2D eigenvalue weighted by Crippen LogP contribution is -2.34. The first-order valence-corrected chi connectivity index (χ1v) is 7.52. The number of anilines is 1. The van der Waals surface area contributed by atoms with Crippen LogP contribution in [-0.2, 0) is 4.79 Å². The molecule has 4 nitrogen and oxygen atoms in total. The lowest BCUT2D eigenvalue weighted by molar-refractivity contribution is -0.122. The molecule has 1 aliphatic rings. The molecular weight excluding hydrogens is 276 g/mol. The van der Waals surface area contributed by atoms with Crippen LogP contribution in [0.1, 0.15) is 24.4 Å². The molecule has 114 valence electrons. The summed E-state index contributed by atoms with van der Waals surface area (Å²) in [4.78, 5) is 12.5. The SMILES string of the molecule is COc1ccc(N[C@H](C(=O)NC2CC2)c2ccccc2)cc1. The van der Waals surface area contributed by atoms with Crippen LogP contribution >= 0.6 is 0 Å². The molecule has 1 amide bonds. The summed E-state index contributed by atoms with van der Waals surface area (Å²) in [7, 11) is 1.64. The highest BCUT2D eigenvalue weighted by Gasteiger charge is 2.28. The molecule has 1 atom stereocenters. The van der Waals surface area contributed by atoms with E-state index in [4.69, 9.17) is 4.74 Å². The van der Waals surface area contributed by atoms with Gasteiger partial charge in [-0.1, -0.05) is 30.3 Å². The standard InChI is InChI=1S/C18H20N2O2/c1-22-16-11-9-14(10-12-16)19-17(13-5-3-2-4-6-13)18(21)20-15-7-8-15/h2-6,9-12,15,17,19H,7-8H2,1H3,(H,20,21)/t17-/m0/s1. The average Bonchev–Trinajstić information content (AvgIpc) is 3.38. The van der Waals surface area contributed by atoms with E-state index in [-0.39, 0.29) is 5.91 Å². The summed E-state index contributed by atoms with van der Waals surface area (Å²) in [5.74, 6) is 0.814. The summed E-state index contributed by atoms with van der Waals surface area (Å²) >= 11 is 0. The molecule has 0 spiro atoms. The fourth-order valence-electron chi connectivity index (χ4n) is 2.31. The monoisotopic (exact) mass is 296 g/mol. The summed E-state index contributed by atoms with van der Waals surface area (Å²) in [6.45, 7) is 0. The Hall–Kier alpha value is -2.49. The van der Waals surface area contributed by atoms with E-state index < -0.39 is 6.04 Å². The third-order valence-electron chi connectivity index (χ3n) is 3.72. The third kappa shape index (κ3) is 3.58. The Morgan fingerprint density at radius 2 is 1.77 bits per heavy atom. The van der Waals surface area contributed by atoms with Gasteiger partial charge in [0, 0.05) is 11.7 Å². The normalized spacial score (nSPS) is 15.0. The molecule has 22 heavy (non-hydrogen) atoms. The maximum absolute atomic E-state index is 12.5. The number of nitrogens with one attached hydrogen (secondary N) is 2. The van der Waals surface area contributed by atoms with Gasteiger partial charge >= 0.3 is 0 Å². The first kappa shape index (κ1) is 14.4. The van der Waals surface area contributed by atoms with Crippen molar-refractivity contribution in [1.29, 1.82) is 0 Å². The van der Waals surface area contributed by atoms with Crippen LogP contribution in [0.3, 0.4) is 0 Å². The van der Waals surface area contributed by atoms with Crippen molar-refractivity contribution >= 4 is 11.6 Å². The van der Waals surface area contributed by atoms with Gasteiger partial charge in [0.1, 0.15) is 11.8 Å². The van der Waals surface area contributed by atoms with Crippen molar-refractivity contribution in [2.45, 2.75) is 24.9 Å². The maximum atomic E-state index is 12.5. The molecule has 0 heterocycles. The zero-order valence-electron chi connectivity index (χ0n) is 12.6. The zero-order chi connectivity index (χ0) is 15.4. The second-order valence-electron chi connectivity index (χ2n) is 5.50. The molecule has 3 rings (SSSR count). The average molecular weight is 296 g/mol. The molecule has 0 radical (unpaired) electrons. The first-order chi connectivity index (χ1) is 10.8. The Balaban J connectivity index is 1.79. The predicted molar refractivity (Wildman–Crippen MR) is 87.0 cm³/mol. The lowest BCUT2D eigenvalue weighted by Gasteiger charge is -2.20. The Bertz CT molecular complexity index is 621. The molecule has 2 N–H and O–H groups in total. The molecular formula is C18H20N2O2. The van der Waals surface area contributed by atoms with Gasteiger partial charge in [-0.15, -0.1) is 0 Å². The van der Waals surface area contributed by atoms with Crippen LogP contribution in [0.4, 0.5) is 5.69 Å². The smallest absolute Gasteiger partial charge is 0.247 e. The van der Waals surface area contributed by atoms with Crippen molar-refractivity contribution in [2.24, 2.45) is 0 Å². The Morgan fingerprint density at radius 3 is 2.36 bits per heavy atom. The van der Waals surface area contributed by atoms with Crippen molar-refractivity contribution in [3.63, 3.8) is 0 Å². The topological polar surface area (TPSA) is 50.4 Å². The second-order valence-corrected chi connectivity index (χ2v) is 5.50. The summed E-state index contributed by atoms with van der Waals surface area (Å²) in [6.07, 6.45) is 2.16. The number of hydrogen-bond acceptors (Lipinski definition) is 3. The third-order valence-corrected chi connectivity index (χ3v) is 3.72. The number of hydrogen-bond donors (Lipinski definition) is 2. The number of rotatable bonds is 6. The number of carbonyl (C=O) groups is 1. The van der Waals surface area contributed by atoms with Crippen LogP contribution in [-0.4, -0.2) is 19.1 Å². The van der Waals surface area contributed by atoms with Crippen LogP contribution in [0, 0.1) is 0 Å². The van der Waals surface area contributed by atoms with Crippen LogP contribution in [0.15, 0.2) is 54.6 Å². The summed E-state index contributed by atoms with van der Waals surface area (Å²) in [5, 5.41) is 6.38. The van der Waals surface area contributed by atoms with E-state index in [2.05, 4.69) is 10.6 Å². The van der Waals surface area contributed by atoms with E-state index in [0.29, 0.717) is 6.04 Å². The molecule has 1 saturated carbocycles. The van der Waals surface area contributed by atoms with Gasteiger partial charge < -0.3 is 15.4 Å². The van der Waals surface area contributed by atoms with Gasteiger partial charge in [-0.3, -0.25) is 4.79 Å². The Morgan fingerprint density at radius 1 is 1.09 bits per heavy atom.